The second kappa shape index (κ2) is 3.05. The molecule has 1 heterocycles. The van der Waals surface area contributed by atoms with Crippen LogP contribution in [0.25, 0.3) is 0 Å². The van der Waals surface area contributed by atoms with Crippen LogP contribution >= 0.6 is 0 Å². The van der Waals surface area contributed by atoms with Gasteiger partial charge in [-0.1, -0.05) is 0 Å². The Balaban J connectivity index is 1.94. The number of carbonyl (C=O) groups is 1. The second-order valence-electron chi connectivity index (χ2n) is 3.87. The summed E-state index contributed by atoms with van der Waals surface area (Å²) in [6.07, 6.45) is 2.06. The molecule has 3 nitrogen and oxygen atoms in total. The van der Waals surface area contributed by atoms with Gasteiger partial charge in [0.1, 0.15) is 0 Å². The van der Waals surface area contributed by atoms with Crippen molar-refractivity contribution in [3.63, 3.8) is 0 Å². The molecule has 2 rings (SSSR count). The fourth-order valence-electron chi connectivity index (χ4n) is 2.53. The van der Waals surface area contributed by atoms with Gasteiger partial charge in [0.2, 0.25) is 0 Å². The van der Waals surface area contributed by atoms with E-state index in [-0.39, 0.29) is 11.9 Å². The maximum absolute atomic E-state index is 11.2. The lowest BCUT2D eigenvalue weighted by Crippen LogP contribution is -2.17. The Morgan fingerprint density at radius 1 is 1.33 bits per heavy atom. The third-order valence-corrected chi connectivity index (χ3v) is 3.19. The smallest absolute Gasteiger partial charge is 0.308 e. The van der Waals surface area contributed by atoms with Crippen LogP contribution in [0, 0.1) is 17.8 Å². The molecule has 0 unspecified atom stereocenters. The molecule has 3 heteroatoms. The fraction of sp³-hybridized carbons (Fsp3) is 0.889. The summed E-state index contributed by atoms with van der Waals surface area (Å²) in [7, 11) is 1.48. The van der Waals surface area contributed by atoms with Gasteiger partial charge >= 0.3 is 5.97 Å². The number of carbonyl (C=O) groups excluding carboxylic acids is 1. The van der Waals surface area contributed by atoms with Crippen molar-refractivity contribution in [1.82, 2.24) is 5.32 Å². The van der Waals surface area contributed by atoms with Crippen LogP contribution in [0.1, 0.15) is 12.8 Å². The highest BCUT2D eigenvalue weighted by Gasteiger charge is 2.40. The summed E-state index contributed by atoms with van der Waals surface area (Å²) in [6.45, 7) is 2.19. The van der Waals surface area contributed by atoms with E-state index in [1.165, 1.54) is 7.11 Å². The van der Waals surface area contributed by atoms with Gasteiger partial charge in [0, 0.05) is 0 Å². The van der Waals surface area contributed by atoms with Gasteiger partial charge in [0.15, 0.2) is 0 Å². The average Bonchev–Trinajstić information content (AvgIpc) is 2.60. The lowest BCUT2D eigenvalue weighted by molar-refractivity contribution is -0.145. The van der Waals surface area contributed by atoms with Crippen LogP contribution in [0.5, 0.6) is 0 Å². The van der Waals surface area contributed by atoms with E-state index in [1.807, 2.05) is 0 Å². The predicted octanol–water partition coefficient (Wildman–Crippen LogP) is 0.405. The Hall–Kier alpha value is -0.570. The highest BCUT2D eigenvalue weighted by atomic mass is 16.5. The van der Waals surface area contributed by atoms with E-state index in [1.54, 1.807) is 0 Å². The quantitative estimate of drug-likeness (QED) is 0.578. The minimum absolute atomic E-state index is 0.00981. The van der Waals surface area contributed by atoms with Crippen molar-refractivity contribution >= 4 is 5.97 Å². The molecular weight excluding hydrogens is 154 g/mol. The largest absolute Gasteiger partial charge is 0.469 e. The van der Waals surface area contributed by atoms with E-state index in [4.69, 9.17) is 4.74 Å². The number of ether oxygens (including phenoxy) is 1. The fourth-order valence-corrected chi connectivity index (χ4v) is 2.53. The lowest BCUT2D eigenvalue weighted by Gasteiger charge is -2.07. The molecule has 0 aromatic heterocycles. The van der Waals surface area contributed by atoms with E-state index < -0.39 is 0 Å². The molecule has 2 aliphatic rings. The summed E-state index contributed by atoms with van der Waals surface area (Å²) in [5, 5.41) is 3.35. The minimum Gasteiger partial charge on any atom is -0.469 e. The van der Waals surface area contributed by atoms with Crippen LogP contribution in [0.4, 0.5) is 0 Å². The van der Waals surface area contributed by atoms with Gasteiger partial charge in [0.25, 0.3) is 0 Å². The van der Waals surface area contributed by atoms with Gasteiger partial charge in [-0.3, -0.25) is 4.79 Å². The normalized spacial score (nSPS) is 35.1. The molecule has 1 saturated heterocycles. The van der Waals surface area contributed by atoms with Crippen LogP contribution in [0.3, 0.4) is 0 Å². The summed E-state index contributed by atoms with van der Waals surface area (Å²) >= 11 is 0. The summed E-state index contributed by atoms with van der Waals surface area (Å²) < 4.78 is 4.74. The summed E-state index contributed by atoms with van der Waals surface area (Å²) in [5.41, 5.74) is 0. The predicted molar refractivity (Wildman–Crippen MR) is 44.6 cm³/mol. The number of fused-ring (bicyclic) bond motifs is 1. The van der Waals surface area contributed by atoms with Crippen LogP contribution in [0.2, 0.25) is 0 Å². The zero-order valence-electron chi connectivity index (χ0n) is 7.38. The van der Waals surface area contributed by atoms with Crippen molar-refractivity contribution in [1.29, 1.82) is 0 Å². The molecule has 1 aliphatic heterocycles. The number of methoxy groups -OCH3 is 1. The summed E-state index contributed by atoms with van der Waals surface area (Å²) in [6, 6.07) is 0. The number of hydrogen-bond donors (Lipinski definition) is 1. The second-order valence-corrected chi connectivity index (χ2v) is 3.87. The monoisotopic (exact) mass is 169 g/mol. The zero-order valence-corrected chi connectivity index (χ0v) is 7.38. The van der Waals surface area contributed by atoms with Gasteiger partial charge in [-0.05, 0) is 37.8 Å². The average molecular weight is 169 g/mol. The van der Waals surface area contributed by atoms with Crippen LogP contribution in [-0.4, -0.2) is 26.2 Å². The first-order valence-electron chi connectivity index (χ1n) is 4.60. The topological polar surface area (TPSA) is 38.3 Å². The van der Waals surface area contributed by atoms with Gasteiger partial charge in [-0.15, -0.1) is 0 Å². The molecule has 0 aromatic rings. The van der Waals surface area contributed by atoms with Gasteiger partial charge in [-0.2, -0.15) is 0 Å². The van der Waals surface area contributed by atoms with Gasteiger partial charge in [-0.25, -0.2) is 0 Å². The first-order chi connectivity index (χ1) is 5.81. The van der Waals surface area contributed by atoms with Crippen molar-refractivity contribution in [2.24, 2.45) is 17.8 Å². The number of hydrogen-bond acceptors (Lipinski definition) is 3. The first kappa shape index (κ1) is 8.05. The SMILES string of the molecule is COC(=O)C1C[C@H]2CNC[C@@H]2C1. The standard InChI is InChI=1S/C9H15NO2/c1-12-9(11)6-2-7-4-10-5-8(7)3-6/h6-8,10H,2-5H2,1H3/t7-,8-/m0/s1. The molecule has 2 atom stereocenters. The van der Waals surface area contributed by atoms with E-state index >= 15 is 0 Å². The van der Waals surface area contributed by atoms with Crippen LogP contribution < -0.4 is 5.32 Å². The number of esters is 1. The van der Waals surface area contributed by atoms with Crippen molar-refractivity contribution in [2.75, 3.05) is 20.2 Å². The van der Waals surface area contributed by atoms with E-state index in [0.717, 1.165) is 37.8 Å². The Morgan fingerprint density at radius 3 is 2.42 bits per heavy atom. The van der Waals surface area contributed by atoms with Crippen molar-refractivity contribution in [3.05, 3.63) is 0 Å². The van der Waals surface area contributed by atoms with E-state index in [0.29, 0.717) is 0 Å². The molecule has 0 spiro atoms. The third kappa shape index (κ3) is 1.22. The molecule has 12 heavy (non-hydrogen) atoms. The molecule has 0 bridgehead atoms. The molecular formula is C9H15NO2. The molecule has 1 saturated carbocycles. The Kier molecular flexibility index (Phi) is 2.05. The maximum atomic E-state index is 11.2. The Morgan fingerprint density at radius 2 is 1.92 bits per heavy atom. The number of nitrogens with one attached hydrogen (secondary N) is 1. The van der Waals surface area contributed by atoms with E-state index in [2.05, 4.69) is 5.32 Å². The van der Waals surface area contributed by atoms with Gasteiger partial charge in [0.05, 0.1) is 13.0 Å². The van der Waals surface area contributed by atoms with Crippen LogP contribution in [0.15, 0.2) is 0 Å². The van der Waals surface area contributed by atoms with E-state index in [9.17, 15) is 4.79 Å². The molecule has 1 aliphatic carbocycles. The molecule has 68 valence electrons. The first-order valence-corrected chi connectivity index (χ1v) is 4.60. The summed E-state index contributed by atoms with van der Waals surface area (Å²) in [4.78, 5) is 11.2. The van der Waals surface area contributed by atoms with Gasteiger partial charge < -0.3 is 10.1 Å². The van der Waals surface area contributed by atoms with Crippen LogP contribution in [-0.2, 0) is 9.53 Å². The molecule has 1 N–H and O–H groups in total. The maximum Gasteiger partial charge on any atom is 0.308 e. The minimum atomic E-state index is -0.00981. The number of rotatable bonds is 1. The Labute approximate surface area is 72.5 Å². The molecule has 0 aromatic carbocycles. The van der Waals surface area contributed by atoms with Crippen molar-refractivity contribution in [2.45, 2.75) is 12.8 Å². The highest BCUT2D eigenvalue weighted by Crippen LogP contribution is 2.38. The molecule has 0 radical (unpaired) electrons. The van der Waals surface area contributed by atoms with Crippen molar-refractivity contribution in [3.8, 4) is 0 Å². The molecule has 0 amide bonds. The lowest BCUT2D eigenvalue weighted by atomic mass is 10.0. The molecule has 2 fully saturated rings. The highest BCUT2D eigenvalue weighted by molar-refractivity contribution is 5.72. The third-order valence-electron chi connectivity index (χ3n) is 3.19. The zero-order chi connectivity index (χ0) is 8.55. The Bertz CT molecular complexity index is 181. The van der Waals surface area contributed by atoms with Crippen molar-refractivity contribution < 1.29 is 9.53 Å². The summed E-state index contributed by atoms with van der Waals surface area (Å²) in [5.74, 6) is 1.64.